The minimum absolute atomic E-state index is 0.0385. The van der Waals surface area contributed by atoms with Gasteiger partial charge in [0.25, 0.3) is 23.6 Å². The van der Waals surface area contributed by atoms with Crippen molar-refractivity contribution < 1.29 is 36.8 Å². The topological polar surface area (TPSA) is 279 Å². The summed E-state index contributed by atoms with van der Waals surface area (Å²) in [4.78, 5) is 97.9. The molecule has 8 aromatic heterocycles. The fraction of sp³-hybridized carbons (Fsp3) is 0.379. The van der Waals surface area contributed by atoms with Crippen molar-refractivity contribution in [1.29, 1.82) is 0 Å². The number of fused-ring (bicyclic) bond motifs is 8. The van der Waals surface area contributed by atoms with Gasteiger partial charge in [0.05, 0.1) is 22.8 Å². The largest absolute Gasteiger partial charge is 0.446 e. The van der Waals surface area contributed by atoms with E-state index in [0.717, 1.165) is 22.8 Å². The highest BCUT2D eigenvalue weighted by molar-refractivity contribution is 5.94. The van der Waals surface area contributed by atoms with Crippen molar-refractivity contribution in [3.05, 3.63) is 192 Å². The Morgan fingerprint density at radius 3 is 0.950 bits per heavy atom. The molecule has 0 saturated carbocycles. The molecule has 9 rings (SSSR count). The van der Waals surface area contributed by atoms with Gasteiger partial charge in [-0.15, -0.1) is 0 Å². The van der Waals surface area contributed by atoms with Crippen molar-refractivity contribution in [2.75, 3.05) is 13.1 Å². The van der Waals surface area contributed by atoms with Crippen LogP contribution < -0.4 is 21.3 Å². The van der Waals surface area contributed by atoms with E-state index >= 15 is 0 Å². The van der Waals surface area contributed by atoms with Crippen LogP contribution in [0.5, 0.6) is 0 Å². The van der Waals surface area contributed by atoms with Crippen molar-refractivity contribution >= 4 is 23.6 Å². The van der Waals surface area contributed by atoms with Crippen LogP contribution in [0.15, 0.2) is 140 Å². The number of amides is 4. The van der Waals surface area contributed by atoms with E-state index in [1.54, 1.807) is 24.8 Å². The quantitative estimate of drug-likeness (QED) is 0.0557. The first kappa shape index (κ1) is 56.0. The number of carbonyl (C=O) groups is 4. The van der Waals surface area contributed by atoms with Gasteiger partial charge in [0.2, 0.25) is 23.6 Å². The molecule has 8 bridgehead atoms. The van der Waals surface area contributed by atoms with E-state index in [4.69, 9.17) is 17.7 Å². The van der Waals surface area contributed by atoms with E-state index in [-0.39, 0.29) is 58.2 Å². The summed E-state index contributed by atoms with van der Waals surface area (Å²) in [7, 11) is 0. The van der Waals surface area contributed by atoms with Crippen LogP contribution in [-0.4, -0.2) is 86.4 Å². The molecule has 4 N–H and O–H groups in total. The summed E-state index contributed by atoms with van der Waals surface area (Å²) >= 11 is 0. The lowest BCUT2D eigenvalue weighted by Crippen LogP contribution is -2.33. The summed E-state index contributed by atoms with van der Waals surface area (Å²) in [6.07, 6.45) is 14.5. The fourth-order valence-electron chi connectivity index (χ4n) is 9.39. The zero-order chi connectivity index (χ0) is 55.8. The second kappa shape index (κ2) is 27.2. The van der Waals surface area contributed by atoms with Crippen molar-refractivity contribution in [3.8, 4) is 0 Å². The average molecular weight is 1090 g/mol. The Morgan fingerprint density at radius 2 is 0.688 bits per heavy atom. The van der Waals surface area contributed by atoms with E-state index < -0.39 is 47.8 Å². The molecular weight excluding hydrogens is 1020 g/mol. The fourth-order valence-corrected chi connectivity index (χ4v) is 9.39. The van der Waals surface area contributed by atoms with Gasteiger partial charge in [0, 0.05) is 51.0 Å². The Kier molecular flexibility index (Phi) is 19.0. The molecule has 80 heavy (non-hydrogen) atoms. The molecule has 1 aliphatic rings. The van der Waals surface area contributed by atoms with Crippen LogP contribution >= 0.6 is 0 Å². The Labute approximate surface area is 463 Å². The van der Waals surface area contributed by atoms with Crippen molar-refractivity contribution in [2.45, 2.75) is 117 Å². The van der Waals surface area contributed by atoms with Gasteiger partial charge in [-0.05, 0) is 112 Å². The lowest BCUT2D eigenvalue weighted by atomic mass is 10.0. The second-order valence-electron chi connectivity index (χ2n) is 20.6. The molecule has 0 saturated heterocycles. The highest BCUT2D eigenvalue weighted by Crippen LogP contribution is 2.28. The Hall–Kier alpha value is -8.76. The van der Waals surface area contributed by atoms with Crippen LogP contribution in [0, 0.1) is 11.8 Å². The third-order valence-corrected chi connectivity index (χ3v) is 13.2. The standard InChI is InChI=1S/C58H66N14O8/c1-37(2)27-45-57-69-48(35-79-57)52(74)64-43(19-13-25-71(29-39-15-5-9-21-59-39)30-40-16-6-10-22-60-40)55-67-47(33-77-55)51(73)63-44(20-14-26-72(31-41-17-7-11-23-61-41)32-42-18-8-12-24-62-42)56-68-49(34-78-56)53(75)65-46(28-38(3)4)58-70-50(36-80-58)54(76)66-45/h5-12,15-18,21-24,33-38,43-46H,13-14,19-20,25-32H2,1-4H3,(H,63,73)(H,64,74)(H,65,75)(H,66,76)/t43-,44-,45-,46-/m0/s1. The molecule has 1 aliphatic heterocycles. The highest BCUT2D eigenvalue weighted by Gasteiger charge is 2.31. The summed E-state index contributed by atoms with van der Waals surface area (Å²) in [6, 6.07) is 19.9. The van der Waals surface area contributed by atoms with Gasteiger partial charge >= 0.3 is 0 Å². The number of aromatic nitrogens is 8. The Bertz CT molecular complexity index is 3060. The van der Waals surface area contributed by atoms with E-state index in [9.17, 15) is 19.2 Å². The average Bonchev–Trinajstić information content (AvgIpc) is 4.32. The zero-order valence-electron chi connectivity index (χ0n) is 45.2. The maximum Gasteiger partial charge on any atom is 0.273 e. The first-order valence-electron chi connectivity index (χ1n) is 27.0. The number of nitrogens with one attached hydrogen (secondary N) is 4. The van der Waals surface area contributed by atoms with Crippen LogP contribution in [0.4, 0.5) is 0 Å². The lowest BCUT2D eigenvalue weighted by molar-refractivity contribution is 0.0912. The summed E-state index contributed by atoms with van der Waals surface area (Å²) < 4.78 is 23.9. The van der Waals surface area contributed by atoms with Crippen molar-refractivity contribution in [1.82, 2.24) is 70.9 Å². The minimum atomic E-state index is -0.860. The summed E-state index contributed by atoms with van der Waals surface area (Å²) in [6.45, 7) is 11.2. The van der Waals surface area contributed by atoms with Gasteiger partial charge < -0.3 is 38.9 Å². The summed E-state index contributed by atoms with van der Waals surface area (Å²) in [5, 5.41) is 12.0. The number of rotatable bonds is 20. The molecule has 0 spiro atoms. The maximum absolute atomic E-state index is 14.5. The van der Waals surface area contributed by atoms with Gasteiger partial charge in [-0.2, -0.15) is 0 Å². The normalized spacial score (nSPS) is 17.3. The molecule has 0 aromatic carbocycles. The highest BCUT2D eigenvalue weighted by atomic mass is 16.4. The maximum atomic E-state index is 14.5. The molecule has 22 heteroatoms. The molecular formula is C58H66N14O8. The Balaban J connectivity index is 1.02. The number of pyridine rings is 4. The molecule has 4 amide bonds. The summed E-state index contributed by atoms with van der Waals surface area (Å²) in [5.41, 5.74) is 3.30. The van der Waals surface area contributed by atoms with Crippen LogP contribution in [-0.2, 0) is 26.2 Å². The zero-order valence-corrected chi connectivity index (χ0v) is 45.2. The third-order valence-electron chi connectivity index (χ3n) is 13.2. The van der Waals surface area contributed by atoms with E-state index in [1.807, 2.05) is 100 Å². The molecule has 8 aromatic rings. The Morgan fingerprint density at radius 1 is 0.412 bits per heavy atom. The lowest BCUT2D eigenvalue weighted by Gasteiger charge is -2.23. The van der Waals surface area contributed by atoms with Crippen molar-refractivity contribution in [3.63, 3.8) is 0 Å². The van der Waals surface area contributed by atoms with Gasteiger partial charge in [0.15, 0.2) is 22.8 Å². The van der Waals surface area contributed by atoms with Gasteiger partial charge in [-0.1, -0.05) is 52.0 Å². The molecule has 9 heterocycles. The molecule has 22 nitrogen and oxygen atoms in total. The van der Waals surface area contributed by atoms with Gasteiger partial charge in [-0.3, -0.25) is 48.9 Å². The van der Waals surface area contributed by atoms with E-state index in [0.29, 0.717) is 77.8 Å². The molecule has 0 radical (unpaired) electrons. The first-order valence-corrected chi connectivity index (χ1v) is 27.0. The van der Waals surface area contributed by atoms with Crippen LogP contribution in [0.2, 0.25) is 0 Å². The molecule has 416 valence electrons. The van der Waals surface area contributed by atoms with E-state index in [2.05, 4.69) is 70.9 Å². The minimum Gasteiger partial charge on any atom is -0.446 e. The monoisotopic (exact) mass is 1090 g/mol. The molecule has 0 aliphatic carbocycles. The van der Waals surface area contributed by atoms with E-state index in [1.165, 1.54) is 25.1 Å². The third kappa shape index (κ3) is 15.7. The van der Waals surface area contributed by atoms with Crippen LogP contribution in [0.3, 0.4) is 0 Å². The predicted octanol–water partition coefficient (Wildman–Crippen LogP) is 8.47. The van der Waals surface area contributed by atoms with Gasteiger partial charge in [-0.25, -0.2) is 19.9 Å². The number of oxazole rings is 4. The summed E-state index contributed by atoms with van der Waals surface area (Å²) in [5.74, 6) is -1.90. The number of hydrogen-bond acceptors (Lipinski definition) is 18. The van der Waals surface area contributed by atoms with Gasteiger partial charge in [0.1, 0.15) is 49.2 Å². The SMILES string of the molecule is CC(C)C[C@@H]1NC(=O)c2coc(n2)[C@H](CCCN(Cc2ccccn2)Cc2ccccn2)NC(=O)c2coc(n2)[C@H](CCCN(Cc2ccccn2)Cc2ccccn2)NC(=O)c2coc(n2)[C@H](CC(C)C)NC(=O)c2coc1n2. The van der Waals surface area contributed by atoms with Crippen LogP contribution in [0.25, 0.3) is 0 Å². The number of nitrogens with zero attached hydrogens (tertiary/aromatic N) is 10. The number of hydrogen-bond donors (Lipinski definition) is 4. The molecule has 0 fully saturated rings. The molecule has 4 atom stereocenters. The second-order valence-corrected chi connectivity index (χ2v) is 20.6. The van der Waals surface area contributed by atoms with Crippen LogP contribution in [0.1, 0.15) is 179 Å². The first-order chi connectivity index (χ1) is 38.9. The predicted molar refractivity (Wildman–Crippen MR) is 289 cm³/mol. The smallest absolute Gasteiger partial charge is 0.273 e. The van der Waals surface area contributed by atoms with Crippen molar-refractivity contribution in [2.24, 2.45) is 11.8 Å². The number of carbonyl (C=O) groups excluding carboxylic acids is 4. The molecule has 0 unspecified atom stereocenters.